The average molecular weight is 444 g/mol. The third-order valence-electron chi connectivity index (χ3n) is 5.45. The maximum atomic E-state index is 11.8. The van der Waals surface area contributed by atoms with Gasteiger partial charge in [0.15, 0.2) is 0 Å². The Bertz CT molecular complexity index is 1390. The molecule has 0 aliphatic carbocycles. The van der Waals surface area contributed by atoms with E-state index in [-0.39, 0.29) is 5.69 Å². The lowest BCUT2D eigenvalue weighted by Crippen LogP contribution is -2.07. The fraction of sp³-hybridized carbons (Fsp3) is 0.0833. The Morgan fingerprint density at radius 1 is 1.00 bits per heavy atom. The summed E-state index contributed by atoms with van der Waals surface area (Å²) in [6.45, 7) is 0. The number of nitrogens with zero attached hydrogens (tertiary/aromatic N) is 3. The third kappa shape index (κ3) is 3.63. The van der Waals surface area contributed by atoms with Gasteiger partial charge in [-0.3, -0.25) is 20.2 Å². The van der Waals surface area contributed by atoms with Crippen LogP contribution in [0, 0.1) is 10.1 Å². The first-order valence-electron chi connectivity index (χ1n) is 10.1. The quantitative estimate of drug-likeness (QED) is 0.298. The highest BCUT2D eigenvalue weighted by molar-refractivity contribution is 6.36. The van der Waals surface area contributed by atoms with Crippen LogP contribution in [0.1, 0.15) is 23.1 Å². The summed E-state index contributed by atoms with van der Waals surface area (Å²) in [5.41, 5.74) is 4.92. The van der Waals surface area contributed by atoms with E-state index in [9.17, 15) is 10.1 Å². The normalized spacial score (nSPS) is 13.0. The van der Waals surface area contributed by atoms with Gasteiger partial charge in [-0.2, -0.15) is 5.10 Å². The SMILES string of the molecule is O=[N+]([O-])c1cc2c(c3cn[nH]c13)NC=C(CCc1ccccc1)N=C2c1ccccc1Cl. The molecule has 0 fully saturated rings. The molecule has 7 nitrogen and oxygen atoms in total. The first kappa shape index (κ1) is 20.0. The van der Waals surface area contributed by atoms with Crippen LogP contribution < -0.4 is 5.32 Å². The van der Waals surface area contributed by atoms with Gasteiger partial charge >= 0.3 is 0 Å². The number of fused-ring (bicyclic) bond motifs is 3. The second-order valence-electron chi connectivity index (χ2n) is 7.44. The molecule has 0 saturated carbocycles. The number of H-pyrrole nitrogens is 1. The van der Waals surface area contributed by atoms with Crippen LogP contribution in [0.25, 0.3) is 10.9 Å². The first-order chi connectivity index (χ1) is 15.6. The van der Waals surface area contributed by atoms with E-state index in [2.05, 4.69) is 27.6 Å². The molecule has 0 radical (unpaired) electrons. The van der Waals surface area contributed by atoms with Crippen molar-refractivity contribution in [2.75, 3.05) is 5.32 Å². The number of nitrogens with one attached hydrogen (secondary N) is 2. The monoisotopic (exact) mass is 443 g/mol. The molecule has 0 saturated heterocycles. The standard InChI is InChI=1S/C24H18ClN5O2/c25-20-9-5-4-8-17(20)23-18-12-21(30(31)32)24-19(14-27-29-24)22(18)26-13-16(28-23)11-10-15-6-2-1-3-7-15/h1-9,12-14,26H,10-11H2,(H,27,29). The Kier molecular flexibility index (Phi) is 5.17. The smallest absolute Gasteiger partial charge is 0.295 e. The lowest BCUT2D eigenvalue weighted by Gasteiger charge is -2.13. The van der Waals surface area contributed by atoms with Crippen LogP contribution in [0.2, 0.25) is 5.02 Å². The highest BCUT2D eigenvalue weighted by Gasteiger charge is 2.26. The molecule has 8 heteroatoms. The second-order valence-corrected chi connectivity index (χ2v) is 7.85. The highest BCUT2D eigenvalue weighted by Crippen LogP contribution is 2.38. The van der Waals surface area contributed by atoms with Crippen molar-refractivity contribution in [3.8, 4) is 0 Å². The fourth-order valence-electron chi connectivity index (χ4n) is 3.88. The summed E-state index contributed by atoms with van der Waals surface area (Å²) in [5.74, 6) is 0. The van der Waals surface area contributed by atoms with Crippen LogP contribution >= 0.6 is 11.6 Å². The number of aromatic nitrogens is 2. The summed E-state index contributed by atoms with van der Waals surface area (Å²) in [7, 11) is 0. The van der Waals surface area contributed by atoms with Crippen LogP contribution in [0.15, 0.2) is 83.7 Å². The Hall–Kier alpha value is -3.97. The van der Waals surface area contributed by atoms with E-state index in [0.29, 0.717) is 44.9 Å². The number of allylic oxidation sites excluding steroid dienone is 1. The molecule has 1 aliphatic rings. The van der Waals surface area contributed by atoms with Gasteiger partial charge in [0.1, 0.15) is 5.52 Å². The largest absolute Gasteiger partial charge is 0.359 e. The molecule has 158 valence electrons. The van der Waals surface area contributed by atoms with Crippen molar-refractivity contribution in [3.05, 3.63) is 111 Å². The van der Waals surface area contributed by atoms with E-state index in [1.54, 1.807) is 12.3 Å². The average Bonchev–Trinajstić information content (AvgIpc) is 3.22. The molecule has 5 rings (SSSR count). The number of halogens is 1. The summed E-state index contributed by atoms with van der Waals surface area (Å²) >= 11 is 6.52. The number of aromatic amines is 1. The zero-order valence-corrected chi connectivity index (χ0v) is 17.6. The summed E-state index contributed by atoms with van der Waals surface area (Å²) < 4.78 is 0. The number of hydrogen-bond acceptors (Lipinski definition) is 5. The van der Waals surface area contributed by atoms with Gasteiger partial charge in [0.25, 0.3) is 5.69 Å². The molecular formula is C24H18ClN5O2. The number of aliphatic imine (C=N–C) groups is 1. The molecule has 0 bridgehead atoms. The van der Waals surface area contributed by atoms with Crippen molar-refractivity contribution in [3.63, 3.8) is 0 Å². The van der Waals surface area contributed by atoms with Gasteiger partial charge < -0.3 is 5.32 Å². The molecule has 0 spiro atoms. The molecule has 4 aromatic rings. The number of rotatable bonds is 5. The summed E-state index contributed by atoms with van der Waals surface area (Å²) in [5, 5.41) is 23.0. The Morgan fingerprint density at radius 3 is 2.56 bits per heavy atom. The molecular weight excluding hydrogens is 426 g/mol. The van der Waals surface area contributed by atoms with Gasteiger partial charge in [-0.05, 0) is 24.5 Å². The maximum Gasteiger partial charge on any atom is 0.295 e. The van der Waals surface area contributed by atoms with Crippen LogP contribution in [-0.2, 0) is 6.42 Å². The van der Waals surface area contributed by atoms with Gasteiger partial charge in [-0.1, -0.05) is 60.1 Å². The summed E-state index contributed by atoms with van der Waals surface area (Å²) in [6.07, 6.45) is 4.94. The molecule has 32 heavy (non-hydrogen) atoms. The number of benzene rings is 3. The third-order valence-corrected chi connectivity index (χ3v) is 5.78. The van der Waals surface area contributed by atoms with Crippen molar-refractivity contribution in [1.29, 1.82) is 0 Å². The van der Waals surface area contributed by atoms with E-state index >= 15 is 0 Å². The van der Waals surface area contributed by atoms with Gasteiger partial charge in [0.2, 0.25) is 0 Å². The molecule has 0 amide bonds. The van der Waals surface area contributed by atoms with E-state index in [1.165, 1.54) is 11.6 Å². The van der Waals surface area contributed by atoms with Crippen molar-refractivity contribution >= 4 is 39.6 Å². The number of hydrogen-bond donors (Lipinski definition) is 2. The van der Waals surface area contributed by atoms with Crippen molar-refractivity contribution < 1.29 is 4.92 Å². The highest BCUT2D eigenvalue weighted by atomic mass is 35.5. The molecule has 2 N–H and O–H groups in total. The number of nitro benzene ring substituents is 1. The zero-order valence-electron chi connectivity index (χ0n) is 16.9. The fourth-order valence-corrected chi connectivity index (χ4v) is 4.10. The first-order valence-corrected chi connectivity index (χ1v) is 10.5. The van der Waals surface area contributed by atoms with Crippen molar-refractivity contribution in [2.24, 2.45) is 4.99 Å². The summed E-state index contributed by atoms with van der Waals surface area (Å²) in [6, 6.07) is 19.1. The Labute approximate surface area is 188 Å². The molecule has 2 heterocycles. The van der Waals surface area contributed by atoms with Gasteiger partial charge in [-0.15, -0.1) is 0 Å². The number of nitro groups is 1. The zero-order chi connectivity index (χ0) is 22.1. The molecule has 0 atom stereocenters. The minimum atomic E-state index is -0.417. The molecule has 3 aromatic carbocycles. The van der Waals surface area contributed by atoms with Crippen molar-refractivity contribution in [1.82, 2.24) is 10.2 Å². The predicted octanol–water partition coefficient (Wildman–Crippen LogP) is 5.86. The van der Waals surface area contributed by atoms with Crippen LogP contribution in [0.3, 0.4) is 0 Å². The molecule has 0 unspecified atom stereocenters. The molecule has 1 aliphatic heterocycles. The molecule has 1 aromatic heterocycles. The van der Waals surface area contributed by atoms with E-state index < -0.39 is 4.92 Å². The number of non-ortho nitro benzene ring substituents is 1. The predicted molar refractivity (Wildman–Crippen MR) is 126 cm³/mol. The summed E-state index contributed by atoms with van der Waals surface area (Å²) in [4.78, 5) is 16.3. The topological polar surface area (TPSA) is 96.2 Å². The van der Waals surface area contributed by atoms with Gasteiger partial charge in [0.05, 0.1) is 33.6 Å². The van der Waals surface area contributed by atoms with Gasteiger partial charge in [-0.25, -0.2) is 0 Å². The van der Waals surface area contributed by atoms with Crippen LogP contribution in [-0.4, -0.2) is 20.8 Å². The maximum absolute atomic E-state index is 11.8. The lowest BCUT2D eigenvalue weighted by molar-refractivity contribution is -0.383. The van der Waals surface area contributed by atoms with E-state index in [4.69, 9.17) is 16.6 Å². The van der Waals surface area contributed by atoms with E-state index in [0.717, 1.165) is 12.1 Å². The Morgan fingerprint density at radius 2 is 1.78 bits per heavy atom. The van der Waals surface area contributed by atoms with Crippen LogP contribution in [0.4, 0.5) is 11.4 Å². The van der Waals surface area contributed by atoms with Gasteiger partial charge in [0, 0.05) is 28.4 Å². The number of aryl methyl sites for hydroxylation is 1. The lowest BCUT2D eigenvalue weighted by atomic mass is 9.97. The minimum Gasteiger partial charge on any atom is -0.359 e. The number of anilines is 1. The van der Waals surface area contributed by atoms with Crippen molar-refractivity contribution in [2.45, 2.75) is 12.8 Å². The Balaban J connectivity index is 1.67. The minimum absolute atomic E-state index is 0.0643. The second kappa shape index (κ2) is 8.28. The van der Waals surface area contributed by atoms with E-state index in [1.807, 2.05) is 42.6 Å². The van der Waals surface area contributed by atoms with Crippen LogP contribution in [0.5, 0.6) is 0 Å².